The highest BCUT2D eigenvalue weighted by Crippen LogP contribution is 2.25. The molecular formula is C12H17BrN2O. The van der Waals surface area contributed by atoms with Crippen molar-refractivity contribution in [3.05, 3.63) is 22.3 Å². The summed E-state index contributed by atoms with van der Waals surface area (Å²) >= 11 is 3.46. The number of hydrogen-bond acceptors (Lipinski definition) is 3. The van der Waals surface area contributed by atoms with E-state index in [1.165, 1.54) is 18.4 Å². The van der Waals surface area contributed by atoms with Crippen molar-refractivity contribution in [1.82, 2.24) is 10.3 Å². The van der Waals surface area contributed by atoms with Gasteiger partial charge in [0, 0.05) is 16.2 Å². The second-order valence-electron chi connectivity index (χ2n) is 4.22. The lowest BCUT2D eigenvalue weighted by Gasteiger charge is -2.23. The van der Waals surface area contributed by atoms with Crippen LogP contribution in [0.15, 0.2) is 16.7 Å². The van der Waals surface area contributed by atoms with Gasteiger partial charge >= 0.3 is 0 Å². The number of ether oxygens (including phenoxy) is 1. The molecule has 1 aromatic rings. The van der Waals surface area contributed by atoms with E-state index in [1.807, 2.05) is 0 Å². The van der Waals surface area contributed by atoms with Gasteiger partial charge in [-0.15, -0.1) is 0 Å². The molecule has 0 spiro atoms. The number of piperidine rings is 1. The summed E-state index contributed by atoms with van der Waals surface area (Å²) in [5, 5.41) is 3.38. The van der Waals surface area contributed by atoms with Crippen molar-refractivity contribution in [2.75, 3.05) is 20.2 Å². The molecule has 0 bridgehead atoms. The van der Waals surface area contributed by atoms with Gasteiger partial charge in [0.2, 0.25) is 5.88 Å². The second kappa shape index (κ2) is 5.64. The van der Waals surface area contributed by atoms with E-state index >= 15 is 0 Å². The molecule has 0 aromatic carbocycles. The maximum absolute atomic E-state index is 5.29. The SMILES string of the molecule is COc1ncc(Br)cc1CC1CCNCC1. The molecule has 0 unspecified atom stereocenters. The lowest BCUT2D eigenvalue weighted by atomic mass is 9.91. The Morgan fingerprint density at radius 3 is 2.94 bits per heavy atom. The second-order valence-corrected chi connectivity index (χ2v) is 5.14. The first-order valence-corrected chi connectivity index (χ1v) is 6.48. The van der Waals surface area contributed by atoms with Crippen LogP contribution >= 0.6 is 15.9 Å². The molecule has 1 aliphatic rings. The van der Waals surface area contributed by atoms with Gasteiger partial charge in [-0.1, -0.05) is 0 Å². The number of nitrogens with zero attached hydrogens (tertiary/aromatic N) is 1. The maximum Gasteiger partial charge on any atom is 0.216 e. The highest BCUT2D eigenvalue weighted by atomic mass is 79.9. The van der Waals surface area contributed by atoms with Crippen LogP contribution in [0.5, 0.6) is 5.88 Å². The van der Waals surface area contributed by atoms with Gasteiger partial charge in [-0.25, -0.2) is 4.98 Å². The molecule has 0 radical (unpaired) electrons. The van der Waals surface area contributed by atoms with Gasteiger partial charge in [-0.2, -0.15) is 0 Å². The fraction of sp³-hybridized carbons (Fsp3) is 0.583. The first-order valence-electron chi connectivity index (χ1n) is 5.68. The zero-order valence-corrected chi connectivity index (χ0v) is 11.1. The van der Waals surface area contributed by atoms with Crippen LogP contribution in [0, 0.1) is 5.92 Å². The molecular weight excluding hydrogens is 268 g/mol. The predicted molar refractivity (Wildman–Crippen MR) is 67.8 cm³/mol. The quantitative estimate of drug-likeness (QED) is 0.926. The number of halogens is 1. The molecule has 0 amide bonds. The third kappa shape index (κ3) is 2.95. The summed E-state index contributed by atoms with van der Waals surface area (Å²) in [6, 6.07) is 2.12. The van der Waals surface area contributed by atoms with E-state index in [2.05, 4.69) is 32.3 Å². The number of pyridine rings is 1. The first kappa shape index (κ1) is 11.9. The van der Waals surface area contributed by atoms with Crippen LogP contribution < -0.4 is 10.1 Å². The van der Waals surface area contributed by atoms with Crippen molar-refractivity contribution >= 4 is 15.9 Å². The highest BCUT2D eigenvalue weighted by molar-refractivity contribution is 9.10. The molecule has 1 aliphatic heterocycles. The molecule has 1 saturated heterocycles. The van der Waals surface area contributed by atoms with Gasteiger partial charge in [0.25, 0.3) is 0 Å². The molecule has 0 aliphatic carbocycles. The fourth-order valence-corrected chi connectivity index (χ4v) is 2.57. The molecule has 1 N–H and O–H groups in total. The van der Waals surface area contributed by atoms with Crippen molar-refractivity contribution in [1.29, 1.82) is 0 Å². The Morgan fingerprint density at radius 2 is 2.25 bits per heavy atom. The largest absolute Gasteiger partial charge is 0.481 e. The highest BCUT2D eigenvalue weighted by Gasteiger charge is 2.16. The molecule has 1 fully saturated rings. The maximum atomic E-state index is 5.29. The van der Waals surface area contributed by atoms with Gasteiger partial charge in [0.15, 0.2) is 0 Å². The molecule has 0 atom stereocenters. The summed E-state index contributed by atoms with van der Waals surface area (Å²) in [5.41, 5.74) is 1.21. The molecule has 2 heterocycles. The first-order chi connectivity index (χ1) is 7.79. The third-order valence-electron chi connectivity index (χ3n) is 3.05. The van der Waals surface area contributed by atoms with Crippen LogP contribution in [0.1, 0.15) is 18.4 Å². The van der Waals surface area contributed by atoms with E-state index in [0.717, 1.165) is 35.8 Å². The van der Waals surface area contributed by atoms with Crippen LogP contribution in [0.2, 0.25) is 0 Å². The van der Waals surface area contributed by atoms with Crippen LogP contribution in [-0.2, 0) is 6.42 Å². The molecule has 2 rings (SSSR count). The smallest absolute Gasteiger partial charge is 0.216 e. The molecule has 0 saturated carbocycles. The van der Waals surface area contributed by atoms with E-state index in [0.29, 0.717) is 0 Å². The van der Waals surface area contributed by atoms with Crippen molar-refractivity contribution in [2.24, 2.45) is 5.92 Å². The van der Waals surface area contributed by atoms with Gasteiger partial charge in [0.1, 0.15) is 0 Å². The van der Waals surface area contributed by atoms with Gasteiger partial charge < -0.3 is 10.1 Å². The Balaban J connectivity index is 2.09. The molecule has 4 heteroatoms. The van der Waals surface area contributed by atoms with Crippen LogP contribution in [0.4, 0.5) is 0 Å². The van der Waals surface area contributed by atoms with E-state index in [1.54, 1.807) is 13.3 Å². The molecule has 16 heavy (non-hydrogen) atoms. The van der Waals surface area contributed by atoms with Crippen LogP contribution in [0.3, 0.4) is 0 Å². The monoisotopic (exact) mass is 284 g/mol. The zero-order chi connectivity index (χ0) is 11.4. The number of aromatic nitrogens is 1. The minimum Gasteiger partial charge on any atom is -0.481 e. The standard InChI is InChI=1S/C12H17BrN2O/c1-16-12-10(7-11(13)8-15-12)6-9-2-4-14-5-3-9/h7-9,14H,2-6H2,1H3. The number of rotatable bonds is 3. The number of nitrogens with one attached hydrogen (secondary N) is 1. The number of methoxy groups -OCH3 is 1. The van der Waals surface area contributed by atoms with E-state index < -0.39 is 0 Å². The topological polar surface area (TPSA) is 34.1 Å². The zero-order valence-electron chi connectivity index (χ0n) is 9.50. The lowest BCUT2D eigenvalue weighted by molar-refractivity contribution is 0.355. The minimum absolute atomic E-state index is 0.756. The third-order valence-corrected chi connectivity index (χ3v) is 3.49. The van der Waals surface area contributed by atoms with E-state index in [4.69, 9.17) is 4.74 Å². The van der Waals surface area contributed by atoms with Crippen LogP contribution in [0.25, 0.3) is 0 Å². The summed E-state index contributed by atoms with van der Waals surface area (Å²) in [5.74, 6) is 1.52. The molecule has 3 nitrogen and oxygen atoms in total. The average Bonchev–Trinajstić information content (AvgIpc) is 2.31. The Kier molecular flexibility index (Phi) is 4.18. The van der Waals surface area contributed by atoms with Crippen molar-refractivity contribution in [2.45, 2.75) is 19.3 Å². The summed E-state index contributed by atoms with van der Waals surface area (Å²) in [6.45, 7) is 2.27. The van der Waals surface area contributed by atoms with E-state index in [-0.39, 0.29) is 0 Å². The normalized spacial score (nSPS) is 17.4. The van der Waals surface area contributed by atoms with Gasteiger partial charge in [0.05, 0.1) is 7.11 Å². The van der Waals surface area contributed by atoms with Gasteiger partial charge in [-0.3, -0.25) is 0 Å². The van der Waals surface area contributed by atoms with E-state index in [9.17, 15) is 0 Å². The van der Waals surface area contributed by atoms with Gasteiger partial charge in [-0.05, 0) is 60.3 Å². The van der Waals surface area contributed by atoms with Crippen LogP contribution in [-0.4, -0.2) is 25.2 Å². The Bertz CT molecular complexity index is 351. The lowest BCUT2D eigenvalue weighted by Crippen LogP contribution is -2.28. The Labute approximate surface area is 105 Å². The summed E-state index contributed by atoms with van der Waals surface area (Å²) in [4.78, 5) is 4.28. The Morgan fingerprint density at radius 1 is 1.50 bits per heavy atom. The summed E-state index contributed by atoms with van der Waals surface area (Å²) in [7, 11) is 1.68. The molecule has 1 aromatic heterocycles. The Hall–Kier alpha value is -0.610. The van der Waals surface area contributed by atoms with Crippen molar-refractivity contribution < 1.29 is 4.74 Å². The minimum atomic E-state index is 0.756. The van der Waals surface area contributed by atoms with Crippen molar-refractivity contribution in [3.8, 4) is 5.88 Å². The summed E-state index contributed by atoms with van der Waals surface area (Å²) < 4.78 is 6.32. The average molecular weight is 285 g/mol. The van der Waals surface area contributed by atoms with Crippen molar-refractivity contribution in [3.63, 3.8) is 0 Å². The number of hydrogen-bond donors (Lipinski definition) is 1. The predicted octanol–water partition coefficient (Wildman–Crippen LogP) is 2.39. The summed E-state index contributed by atoms with van der Waals surface area (Å²) in [6.07, 6.45) is 5.34. The molecule has 88 valence electrons. The fourth-order valence-electron chi connectivity index (χ4n) is 2.20.